The zero-order valence-corrected chi connectivity index (χ0v) is 14.4. The Hall–Kier alpha value is -3.03. The first kappa shape index (κ1) is 16.4. The highest BCUT2D eigenvalue weighted by atomic mass is 16.5. The third kappa shape index (κ3) is 2.87. The van der Waals surface area contributed by atoms with Gasteiger partial charge in [-0.3, -0.25) is 4.90 Å². The molecule has 4 nitrogen and oxygen atoms in total. The summed E-state index contributed by atoms with van der Waals surface area (Å²) >= 11 is 0. The number of terminal acetylenes is 1. The summed E-state index contributed by atoms with van der Waals surface area (Å²) in [5.74, 6) is 3.14. The minimum Gasteiger partial charge on any atom is -0.478 e. The van der Waals surface area contributed by atoms with Gasteiger partial charge in [-0.2, -0.15) is 0 Å². The first-order valence-electron chi connectivity index (χ1n) is 8.70. The van der Waals surface area contributed by atoms with E-state index in [0.717, 1.165) is 42.8 Å². The molecule has 0 radical (unpaired) electrons. The van der Waals surface area contributed by atoms with E-state index in [1.165, 1.54) is 11.1 Å². The van der Waals surface area contributed by atoms with Crippen molar-refractivity contribution in [2.45, 2.75) is 12.8 Å². The molecule has 2 aromatic carbocycles. The molecule has 0 unspecified atom stereocenters. The van der Waals surface area contributed by atoms with Crippen molar-refractivity contribution in [1.82, 2.24) is 4.90 Å². The second-order valence-electron chi connectivity index (χ2n) is 6.57. The third-order valence-electron chi connectivity index (χ3n) is 5.00. The molecule has 1 saturated heterocycles. The Kier molecular flexibility index (Phi) is 4.24. The van der Waals surface area contributed by atoms with Gasteiger partial charge < -0.3 is 9.84 Å². The minimum atomic E-state index is -0.952. The molecule has 26 heavy (non-hydrogen) atoms. The molecule has 0 saturated carbocycles. The van der Waals surface area contributed by atoms with E-state index in [-0.39, 0.29) is 5.56 Å². The van der Waals surface area contributed by atoms with Gasteiger partial charge in [-0.15, -0.1) is 6.42 Å². The molecule has 0 spiro atoms. The van der Waals surface area contributed by atoms with Crippen molar-refractivity contribution < 1.29 is 14.6 Å². The average Bonchev–Trinajstić information content (AvgIpc) is 2.66. The Morgan fingerprint density at radius 3 is 2.58 bits per heavy atom. The van der Waals surface area contributed by atoms with Crippen molar-refractivity contribution >= 4 is 11.5 Å². The maximum atomic E-state index is 11.3. The predicted molar refractivity (Wildman–Crippen MR) is 100 cm³/mol. The molecule has 2 aliphatic heterocycles. The van der Waals surface area contributed by atoms with E-state index in [1.807, 2.05) is 24.3 Å². The second kappa shape index (κ2) is 6.70. The fourth-order valence-electron chi connectivity index (χ4n) is 3.71. The van der Waals surface area contributed by atoms with Gasteiger partial charge in [0.2, 0.25) is 0 Å². The molecule has 0 aliphatic carbocycles. The lowest BCUT2D eigenvalue weighted by atomic mass is 9.86. The number of benzene rings is 2. The molecule has 4 rings (SSSR count). The van der Waals surface area contributed by atoms with E-state index in [2.05, 4.69) is 16.9 Å². The van der Waals surface area contributed by atoms with Crippen molar-refractivity contribution in [3.05, 3.63) is 64.7 Å². The second-order valence-corrected chi connectivity index (χ2v) is 6.57. The number of ether oxygens (including phenoxy) is 1. The molecule has 2 aromatic rings. The number of rotatable bonds is 2. The third-order valence-corrected chi connectivity index (χ3v) is 5.00. The molecule has 0 bridgehead atoms. The Bertz CT molecular complexity index is 942. The van der Waals surface area contributed by atoms with Gasteiger partial charge in [0.15, 0.2) is 0 Å². The van der Waals surface area contributed by atoms with Crippen molar-refractivity contribution in [3.63, 3.8) is 0 Å². The van der Waals surface area contributed by atoms with E-state index in [1.54, 1.807) is 12.1 Å². The summed E-state index contributed by atoms with van der Waals surface area (Å²) in [4.78, 5) is 13.6. The van der Waals surface area contributed by atoms with Gasteiger partial charge >= 0.3 is 5.97 Å². The SMILES string of the molecule is C#CCN1CCC(=C2c3ccccc3Oc3cc(C(=O)O)ccc32)CC1. The molecule has 0 aromatic heterocycles. The number of hydrogen-bond donors (Lipinski definition) is 1. The maximum Gasteiger partial charge on any atom is 0.335 e. The molecular formula is C22H19NO3. The van der Waals surface area contributed by atoms with Crippen LogP contribution < -0.4 is 4.74 Å². The van der Waals surface area contributed by atoms with E-state index >= 15 is 0 Å². The molecular weight excluding hydrogens is 326 g/mol. The van der Waals surface area contributed by atoms with Gasteiger partial charge in [0, 0.05) is 24.2 Å². The number of nitrogens with zero attached hydrogens (tertiary/aromatic N) is 1. The number of carbonyl (C=O) groups is 1. The quantitative estimate of drug-likeness (QED) is 0.713. The highest BCUT2D eigenvalue weighted by Crippen LogP contribution is 2.46. The summed E-state index contributed by atoms with van der Waals surface area (Å²) in [6.45, 7) is 2.56. The lowest BCUT2D eigenvalue weighted by Crippen LogP contribution is -2.31. The number of carboxylic acids is 1. The smallest absolute Gasteiger partial charge is 0.335 e. The van der Waals surface area contributed by atoms with Crippen LogP contribution >= 0.6 is 0 Å². The zero-order valence-electron chi connectivity index (χ0n) is 14.4. The van der Waals surface area contributed by atoms with Crippen LogP contribution in [0.4, 0.5) is 0 Å². The Morgan fingerprint density at radius 1 is 1.12 bits per heavy atom. The van der Waals surface area contributed by atoms with Crippen LogP contribution in [0.2, 0.25) is 0 Å². The number of likely N-dealkylation sites (tertiary alicyclic amines) is 1. The highest BCUT2D eigenvalue weighted by molar-refractivity contribution is 5.93. The van der Waals surface area contributed by atoms with Gasteiger partial charge in [-0.1, -0.05) is 29.7 Å². The van der Waals surface area contributed by atoms with Crippen molar-refractivity contribution in [2.75, 3.05) is 19.6 Å². The predicted octanol–water partition coefficient (Wildman–Crippen LogP) is 4.02. The number of piperidine rings is 1. The van der Waals surface area contributed by atoms with Gasteiger partial charge in [0.1, 0.15) is 11.5 Å². The van der Waals surface area contributed by atoms with Crippen LogP contribution in [-0.2, 0) is 0 Å². The monoisotopic (exact) mass is 345 g/mol. The summed E-state index contributed by atoms with van der Waals surface area (Å²) in [5.41, 5.74) is 4.83. The highest BCUT2D eigenvalue weighted by Gasteiger charge is 2.27. The summed E-state index contributed by atoms with van der Waals surface area (Å²) < 4.78 is 6.01. The molecule has 4 heteroatoms. The molecule has 2 aliphatic rings. The Balaban J connectivity index is 1.81. The maximum absolute atomic E-state index is 11.3. The first-order valence-corrected chi connectivity index (χ1v) is 8.70. The van der Waals surface area contributed by atoms with Crippen LogP contribution in [0.1, 0.15) is 34.3 Å². The number of fused-ring (bicyclic) bond motifs is 2. The van der Waals surface area contributed by atoms with E-state index in [4.69, 9.17) is 11.2 Å². The fraction of sp³-hybridized carbons (Fsp3) is 0.227. The zero-order chi connectivity index (χ0) is 18.1. The van der Waals surface area contributed by atoms with Crippen LogP contribution in [0.5, 0.6) is 11.5 Å². The molecule has 0 amide bonds. The van der Waals surface area contributed by atoms with Crippen LogP contribution in [-0.4, -0.2) is 35.6 Å². The molecule has 130 valence electrons. The van der Waals surface area contributed by atoms with Crippen molar-refractivity contribution in [3.8, 4) is 23.8 Å². The summed E-state index contributed by atoms with van der Waals surface area (Å²) in [7, 11) is 0. The fourth-order valence-corrected chi connectivity index (χ4v) is 3.71. The number of hydrogen-bond acceptors (Lipinski definition) is 3. The normalized spacial score (nSPS) is 16.3. The largest absolute Gasteiger partial charge is 0.478 e. The molecule has 0 atom stereocenters. The Labute approximate surface area is 152 Å². The van der Waals surface area contributed by atoms with Crippen molar-refractivity contribution in [1.29, 1.82) is 0 Å². The lowest BCUT2D eigenvalue weighted by Gasteiger charge is -2.31. The lowest BCUT2D eigenvalue weighted by molar-refractivity contribution is 0.0696. The van der Waals surface area contributed by atoms with Crippen LogP contribution in [0, 0.1) is 12.3 Å². The molecule has 1 fully saturated rings. The number of para-hydroxylation sites is 1. The van der Waals surface area contributed by atoms with E-state index in [0.29, 0.717) is 12.3 Å². The van der Waals surface area contributed by atoms with Crippen LogP contribution in [0.25, 0.3) is 5.57 Å². The van der Waals surface area contributed by atoms with Crippen LogP contribution in [0.3, 0.4) is 0 Å². The first-order chi connectivity index (χ1) is 12.7. The Morgan fingerprint density at radius 2 is 1.85 bits per heavy atom. The number of aromatic carboxylic acids is 1. The molecule has 1 N–H and O–H groups in total. The standard InChI is InChI=1S/C22H19NO3/c1-2-11-23-12-9-15(10-13-23)21-17-5-3-4-6-19(17)26-20-14-16(22(24)25)7-8-18(20)21/h1,3-8,14H,9-13H2,(H,24,25). The van der Waals surface area contributed by atoms with Gasteiger partial charge in [-0.25, -0.2) is 4.79 Å². The number of carboxylic acid groups (broad SMARTS) is 1. The summed E-state index contributed by atoms with van der Waals surface area (Å²) in [5, 5.41) is 9.29. The van der Waals surface area contributed by atoms with Crippen LogP contribution in [0.15, 0.2) is 48.0 Å². The van der Waals surface area contributed by atoms with E-state index in [9.17, 15) is 9.90 Å². The van der Waals surface area contributed by atoms with Gasteiger partial charge in [0.25, 0.3) is 0 Å². The van der Waals surface area contributed by atoms with Gasteiger partial charge in [0.05, 0.1) is 12.1 Å². The summed E-state index contributed by atoms with van der Waals surface area (Å²) in [6, 6.07) is 13.1. The van der Waals surface area contributed by atoms with Gasteiger partial charge in [-0.05, 0) is 42.7 Å². The summed E-state index contributed by atoms with van der Waals surface area (Å²) in [6.07, 6.45) is 7.33. The topological polar surface area (TPSA) is 49.8 Å². The molecule has 2 heterocycles. The van der Waals surface area contributed by atoms with Crippen molar-refractivity contribution in [2.24, 2.45) is 0 Å². The minimum absolute atomic E-state index is 0.233. The van der Waals surface area contributed by atoms with E-state index < -0.39 is 5.97 Å². The average molecular weight is 345 g/mol.